The molecule has 0 aliphatic heterocycles. The van der Waals surface area contributed by atoms with Gasteiger partial charge in [-0.1, -0.05) is 12.1 Å². The molecule has 2 N–H and O–H groups in total. The second-order valence-electron chi connectivity index (χ2n) is 1.62. The maximum Gasteiger partial charge on any atom is 0.0926 e. The number of nitrogens with zero attached hydrogens (tertiary/aromatic N) is 1. The first-order valence-corrected chi connectivity index (χ1v) is 2.61. The molecule has 3 nitrogen and oxygen atoms in total. The molecule has 0 amide bonds. The Morgan fingerprint density at radius 1 is 1.75 bits per heavy atom. The summed E-state index contributed by atoms with van der Waals surface area (Å²) in [7, 11) is 0. The molecule has 0 aromatic rings. The minimum atomic E-state index is -0.620. The first-order chi connectivity index (χ1) is 3.72. The van der Waals surface area contributed by atoms with Crippen molar-refractivity contribution in [2.75, 3.05) is 0 Å². The molecule has 1 unspecified atom stereocenters. The molecule has 48 valence electrons. The van der Waals surface area contributed by atoms with Gasteiger partial charge < -0.3 is 10.3 Å². The lowest BCUT2D eigenvalue weighted by atomic mass is 10.2. The summed E-state index contributed by atoms with van der Waals surface area (Å²) < 4.78 is 0. The monoisotopic (exact) mass is 117 g/mol. The van der Waals surface area contributed by atoms with Crippen LogP contribution in [0.1, 0.15) is 20.3 Å². The highest BCUT2D eigenvalue weighted by molar-refractivity contribution is 5.87. The van der Waals surface area contributed by atoms with E-state index in [4.69, 9.17) is 10.3 Å². The number of oxime groups is 1. The van der Waals surface area contributed by atoms with E-state index in [1.165, 1.54) is 0 Å². The Kier molecular flexibility index (Phi) is 3.19. The van der Waals surface area contributed by atoms with E-state index in [2.05, 4.69) is 5.16 Å². The lowest BCUT2D eigenvalue weighted by molar-refractivity contribution is 0.245. The third-order valence-electron chi connectivity index (χ3n) is 0.973. The average molecular weight is 117 g/mol. The van der Waals surface area contributed by atoms with Crippen LogP contribution in [0, 0.1) is 0 Å². The van der Waals surface area contributed by atoms with Crippen LogP contribution in [0.5, 0.6) is 0 Å². The minimum Gasteiger partial charge on any atom is -0.411 e. The van der Waals surface area contributed by atoms with Crippen LogP contribution in [0.2, 0.25) is 0 Å². The molecule has 0 saturated heterocycles. The fourth-order valence-electron chi connectivity index (χ4n) is 0.450. The fourth-order valence-corrected chi connectivity index (χ4v) is 0.450. The molecule has 0 aromatic carbocycles. The van der Waals surface area contributed by atoms with Crippen LogP contribution < -0.4 is 0 Å². The zero-order valence-electron chi connectivity index (χ0n) is 5.13. The predicted molar refractivity (Wildman–Crippen MR) is 31.2 cm³/mol. The zero-order valence-corrected chi connectivity index (χ0v) is 5.13. The van der Waals surface area contributed by atoms with Gasteiger partial charge in [-0.25, -0.2) is 0 Å². The summed E-state index contributed by atoms with van der Waals surface area (Å²) in [5.41, 5.74) is 0.421. The average Bonchev–Trinajstić information content (AvgIpc) is 1.69. The fraction of sp³-hybridized carbons (Fsp3) is 0.800. The van der Waals surface area contributed by atoms with Crippen molar-refractivity contribution >= 4 is 5.71 Å². The SMILES string of the molecule is CC/C(=N/O)C(C)O. The third-order valence-corrected chi connectivity index (χ3v) is 0.973. The Morgan fingerprint density at radius 3 is 2.25 bits per heavy atom. The molecule has 0 bridgehead atoms. The molecule has 8 heavy (non-hydrogen) atoms. The zero-order chi connectivity index (χ0) is 6.57. The first kappa shape index (κ1) is 7.43. The smallest absolute Gasteiger partial charge is 0.0926 e. The normalized spacial score (nSPS) is 16.1. The van der Waals surface area contributed by atoms with Crippen molar-refractivity contribution in [1.82, 2.24) is 0 Å². The van der Waals surface area contributed by atoms with Gasteiger partial charge in [0.15, 0.2) is 0 Å². The van der Waals surface area contributed by atoms with E-state index in [0.717, 1.165) is 0 Å². The Bertz CT molecular complexity index is 88.4. The van der Waals surface area contributed by atoms with Gasteiger partial charge in [0.25, 0.3) is 0 Å². The van der Waals surface area contributed by atoms with E-state index in [1.54, 1.807) is 6.92 Å². The van der Waals surface area contributed by atoms with Crippen LogP contribution in [-0.4, -0.2) is 22.1 Å². The Balaban J connectivity index is 3.72. The molecule has 0 spiro atoms. The van der Waals surface area contributed by atoms with Gasteiger partial charge in [0.2, 0.25) is 0 Å². The topological polar surface area (TPSA) is 52.8 Å². The van der Waals surface area contributed by atoms with Gasteiger partial charge in [-0.2, -0.15) is 0 Å². The summed E-state index contributed by atoms with van der Waals surface area (Å²) in [4.78, 5) is 0. The Morgan fingerprint density at radius 2 is 2.25 bits per heavy atom. The summed E-state index contributed by atoms with van der Waals surface area (Å²) in [5.74, 6) is 0. The van der Waals surface area contributed by atoms with Crippen molar-refractivity contribution in [3.8, 4) is 0 Å². The molecule has 0 radical (unpaired) electrons. The molecule has 0 aliphatic carbocycles. The van der Waals surface area contributed by atoms with Gasteiger partial charge in [0.1, 0.15) is 0 Å². The number of aliphatic hydroxyl groups excluding tert-OH is 1. The van der Waals surface area contributed by atoms with Crippen LogP contribution >= 0.6 is 0 Å². The number of hydrogen-bond donors (Lipinski definition) is 2. The Labute approximate surface area is 48.6 Å². The van der Waals surface area contributed by atoms with Gasteiger partial charge in [0, 0.05) is 0 Å². The van der Waals surface area contributed by atoms with Gasteiger partial charge in [-0.3, -0.25) is 0 Å². The summed E-state index contributed by atoms with van der Waals surface area (Å²) in [6.45, 7) is 3.39. The molecular weight excluding hydrogens is 106 g/mol. The largest absolute Gasteiger partial charge is 0.411 e. The molecule has 0 aliphatic rings. The minimum absolute atomic E-state index is 0.421. The molecule has 0 aromatic heterocycles. The molecule has 0 saturated carbocycles. The highest BCUT2D eigenvalue weighted by Crippen LogP contribution is 1.90. The lowest BCUT2D eigenvalue weighted by Crippen LogP contribution is -2.14. The summed E-state index contributed by atoms with van der Waals surface area (Å²) in [5, 5.41) is 19.7. The van der Waals surface area contributed by atoms with Crippen molar-refractivity contribution in [1.29, 1.82) is 0 Å². The standard InChI is InChI=1S/C5H11NO2/c1-3-5(6-8)4(2)7/h4,7-8H,3H2,1-2H3/b6-5-. The van der Waals surface area contributed by atoms with E-state index in [-0.39, 0.29) is 0 Å². The summed E-state index contributed by atoms with van der Waals surface area (Å²) in [6.07, 6.45) is -0.0289. The van der Waals surface area contributed by atoms with Gasteiger partial charge in [-0.05, 0) is 13.3 Å². The summed E-state index contributed by atoms with van der Waals surface area (Å²) in [6, 6.07) is 0. The van der Waals surface area contributed by atoms with E-state index in [9.17, 15) is 0 Å². The second-order valence-corrected chi connectivity index (χ2v) is 1.62. The van der Waals surface area contributed by atoms with Crippen molar-refractivity contribution in [3.63, 3.8) is 0 Å². The molecular formula is C5H11NO2. The van der Waals surface area contributed by atoms with Gasteiger partial charge in [0.05, 0.1) is 11.8 Å². The molecule has 1 atom stereocenters. The van der Waals surface area contributed by atoms with Crippen molar-refractivity contribution in [2.24, 2.45) is 5.16 Å². The summed E-state index contributed by atoms with van der Waals surface area (Å²) >= 11 is 0. The van der Waals surface area contributed by atoms with Gasteiger partial charge in [-0.15, -0.1) is 0 Å². The Hall–Kier alpha value is -0.570. The first-order valence-electron chi connectivity index (χ1n) is 2.61. The molecule has 0 fully saturated rings. The number of aliphatic hydroxyl groups is 1. The van der Waals surface area contributed by atoms with E-state index >= 15 is 0 Å². The van der Waals surface area contributed by atoms with Crippen molar-refractivity contribution in [2.45, 2.75) is 26.4 Å². The maximum atomic E-state index is 8.72. The quantitative estimate of drug-likeness (QED) is 0.316. The van der Waals surface area contributed by atoms with E-state index < -0.39 is 6.10 Å². The van der Waals surface area contributed by atoms with Gasteiger partial charge >= 0.3 is 0 Å². The highest BCUT2D eigenvalue weighted by Gasteiger charge is 2.02. The van der Waals surface area contributed by atoms with Crippen LogP contribution in [-0.2, 0) is 0 Å². The second kappa shape index (κ2) is 3.43. The van der Waals surface area contributed by atoms with Crippen LogP contribution in [0.4, 0.5) is 0 Å². The van der Waals surface area contributed by atoms with E-state index in [1.807, 2.05) is 6.92 Å². The lowest BCUT2D eigenvalue weighted by Gasteiger charge is -2.01. The van der Waals surface area contributed by atoms with Crippen molar-refractivity contribution < 1.29 is 10.3 Å². The highest BCUT2D eigenvalue weighted by atomic mass is 16.4. The third kappa shape index (κ3) is 1.93. The van der Waals surface area contributed by atoms with Crippen molar-refractivity contribution in [3.05, 3.63) is 0 Å². The number of hydrogen-bond acceptors (Lipinski definition) is 3. The molecule has 0 rings (SSSR count). The number of rotatable bonds is 2. The predicted octanol–water partition coefficient (Wildman–Crippen LogP) is 0.607. The van der Waals surface area contributed by atoms with E-state index in [0.29, 0.717) is 12.1 Å². The van der Waals surface area contributed by atoms with Crippen LogP contribution in [0.15, 0.2) is 5.16 Å². The van der Waals surface area contributed by atoms with Crippen LogP contribution in [0.3, 0.4) is 0 Å². The maximum absolute atomic E-state index is 8.72. The van der Waals surface area contributed by atoms with Crippen LogP contribution in [0.25, 0.3) is 0 Å². The molecule has 3 heteroatoms. The molecule has 0 heterocycles.